The lowest BCUT2D eigenvalue weighted by Crippen LogP contribution is -2.26. The minimum atomic E-state index is -0.852. The average Bonchev–Trinajstić information content (AvgIpc) is 2.74. The van der Waals surface area contributed by atoms with Crippen LogP contribution in [0.1, 0.15) is 15.9 Å². The van der Waals surface area contributed by atoms with E-state index in [9.17, 15) is 19.5 Å². The van der Waals surface area contributed by atoms with Crippen LogP contribution in [0.4, 0.5) is 5.69 Å². The number of aromatic nitrogens is 3. The van der Waals surface area contributed by atoms with Crippen LogP contribution in [0, 0.1) is 0 Å². The molecular weight excluding hydrogens is 408 g/mol. The molecule has 3 aromatic heterocycles. The van der Waals surface area contributed by atoms with E-state index in [1.807, 2.05) is 6.07 Å². The number of nitrogens with one attached hydrogen (secondary N) is 1. The Balaban J connectivity index is 1.74. The number of fused-ring (bicyclic) bond motifs is 1. The topological polar surface area (TPSA) is 106 Å². The molecule has 0 atom stereocenters. The summed E-state index contributed by atoms with van der Waals surface area (Å²) in [7, 11) is 0. The Morgan fingerprint density at radius 2 is 1.90 bits per heavy atom. The molecule has 9 heteroatoms. The number of carbonyl (C=O) groups excluding carboxylic acids is 1. The molecule has 8 nitrogen and oxygen atoms in total. The highest BCUT2D eigenvalue weighted by Gasteiger charge is 2.17. The van der Waals surface area contributed by atoms with Crippen molar-refractivity contribution in [3.05, 3.63) is 104 Å². The second-order valence-corrected chi connectivity index (χ2v) is 6.96. The number of aromatic hydroxyl groups is 1. The molecule has 3 heterocycles. The second-order valence-electron chi connectivity index (χ2n) is 6.53. The number of hydrogen-bond donors (Lipinski definition) is 2. The largest absolute Gasteiger partial charge is 0.502 e. The fraction of sp³-hybridized carbons (Fsp3) is 0.0476. The van der Waals surface area contributed by atoms with Crippen LogP contribution in [-0.4, -0.2) is 25.0 Å². The van der Waals surface area contributed by atoms with Gasteiger partial charge in [0.1, 0.15) is 5.69 Å². The summed E-state index contributed by atoms with van der Waals surface area (Å²) in [5, 5.41) is 13.4. The summed E-state index contributed by atoms with van der Waals surface area (Å²) in [6, 6.07) is 10.0. The molecule has 1 aromatic carbocycles. The number of hydrogen-bond acceptors (Lipinski definition) is 5. The molecule has 0 spiro atoms. The van der Waals surface area contributed by atoms with Crippen LogP contribution in [0.5, 0.6) is 5.75 Å². The molecule has 0 radical (unpaired) electrons. The summed E-state index contributed by atoms with van der Waals surface area (Å²) in [6.45, 7) is 0.212. The first-order valence-corrected chi connectivity index (χ1v) is 9.25. The number of anilines is 1. The summed E-state index contributed by atoms with van der Waals surface area (Å²) < 4.78 is 2.66. The van der Waals surface area contributed by atoms with Crippen LogP contribution < -0.4 is 16.3 Å². The number of carbonyl (C=O) groups is 1. The molecule has 4 aromatic rings. The number of amides is 1. The lowest BCUT2D eigenvalue weighted by molar-refractivity contribution is 0.102. The van der Waals surface area contributed by atoms with Gasteiger partial charge in [0.15, 0.2) is 11.3 Å². The van der Waals surface area contributed by atoms with E-state index in [4.69, 9.17) is 11.6 Å². The van der Waals surface area contributed by atoms with Gasteiger partial charge in [-0.25, -0.2) is 0 Å². The van der Waals surface area contributed by atoms with Crippen molar-refractivity contribution >= 4 is 28.7 Å². The summed E-state index contributed by atoms with van der Waals surface area (Å²) in [4.78, 5) is 41.6. The van der Waals surface area contributed by atoms with E-state index < -0.39 is 22.6 Å². The van der Waals surface area contributed by atoms with Gasteiger partial charge < -0.3 is 19.4 Å². The van der Waals surface area contributed by atoms with Crippen molar-refractivity contribution in [1.29, 1.82) is 0 Å². The molecule has 4 rings (SSSR count). The van der Waals surface area contributed by atoms with Crippen molar-refractivity contribution in [3.63, 3.8) is 0 Å². The number of rotatable bonds is 4. The lowest BCUT2D eigenvalue weighted by atomic mass is 10.2. The second kappa shape index (κ2) is 7.84. The summed E-state index contributed by atoms with van der Waals surface area (Å²) in [6.07, 6.45) is 7.22. The van der Waals surface area contributed by atoms with Gasteiger partial charge in [-0.15, -0.1) is 0 Å². The van der Waals surface area contributed by atoms with Gasteiger partial charge in [0.2, 0.25) is 5.43 Å². The molecule has 0 fully saturated rings. The van der Waals surface area contributed by atoms with Gasteiger partial charge in [0, 0.05) is 41.6 Å². The zero-order valence-corrected chi connectivity index (χ0v) is 16.2. The fourth-order valence-corrected chi connectivity index (χ4v) is 3.26. The molecule has 1 amide bonds. The van der Waals surface area contributed by atoms with E-state index in [1.54, 1.807) is 18.2 Å². The van der Waals surface area contributed by atoms with Crippen molar-refractivity contribution in [1.82, 2.24) is 14.0 Å². The normalized spacial score (nSPS) is 10.8. The Morgan fingerprint density at radius 1 is 1.13 bits per heavy atom. The Hall–Kier alpha value is -3.91. The fourth-order valence-electron chi connectivity index (χ4n) is 3.05. The summed E-state index contributed by atoms with van der Waals surface area (Å²) >= 11 is 5.98. The standard InChI is InChI=1S/C21H15ClN4O4/c22-15-3-1-2-13(10-15)11-26-9-8-25-12-16(18(27)19(28)17(25)21(26)30)24-20(29)14-4-6-23-7-5-14/h1-10,12,28H,11H2,(H,24,29). The van der Waals surface area contributed by atoms with Crippen molar-refractivity contribution in [2.45, 2.75) is 6.54 Å². The van der Waals surface area contributed by atoms with Crippen LogP contribution >= 0.6 is 11.6 Å². The Labute approximate surface area is 174 Å². The molecule has 0 unspecified atom stereocenters. The van der Waals surface area contributed by atoms with Gasteiger partial charge in [-0.3, -0.25) is 19.4 Å². The first-order valence-electron chi connectivity index (χ1n) is 8.87. The number of pyridine rings is 2. The highest BCUT2D eigenvalue weighted by atomic mass is 35.5. The molecule has 150 valence electrons. The summed E-state index contributed by atoms with van der Waals surface area (Å²) in [5.74, 6) is -1.28. The van der Waals surface area contributed by atoms with Gasteiger partial charge in [-0.1, -0.05) is 23.7 Å². The maximum atomic E-state index is 12.9. The highest BCUT2D eigenvalue weighted by Crippen LogP contribution is 2.16. The van der Waals surface area contributed by atoms with Gasteiger partial charge in [-0.2, -0.15) is 0 Å². The molecule has 0 aliphatic carbocycles. The van der Waals surface area contributed by atoms with Crippen LogP contribution in [-0.2, 0) is 6.54 Å². The lowest BCUT2D eigenvalue weighted by Gasteiger charge is -2.12. The molecule has 0 aliphatic heterocycles. The van der Waals surface area contributed by atoms with E-state index in [0.29, 0.717) is 10.6 Å². The zero-order valence-electron chi connectivity index (χ0n) is 15.4. The molecule has 30 heavy (non-hydrogen) atoms. The first kappa shape index (κ1) is 19.4. The Kier molecular flexibility index (Phi) is 5.07. The predicted molar refractivity (Wildman–Crippen MR) is 112 cm³/mol. The van der Waals surface area contributed by atoms with E-state index in [-0.39, 0.29) is 17.7 Å². The molecule has 2 N–H and O–H groups in total. The monoisotopic (exact) mass is 422 g/mol. The Morgan fingerprint density at radius 3 is 2.63 bits per heavy atom. The smallest absolute Gasteiger partial charge is 0.279 e. The van der Waals surface area contributed by atoms with E-state index >= 15 is 0 Å². The van der Waals surface area contributed by atoms with Crippen molar-refractivity contribution < 1.29 is 9.90 Å². The maximum Gasteiger partial charge on any atom is 0.279 e. The van der Waals surface area contributed by atoms with E-state index in [1.165, 1.54) is 52.1 Å². The first-order chi connectivity index (χ1) is 14.4. The van der Waals surface area contributed by atoms with Gasteiger partial charge in [0.25, 0.3) is 11.5 Å². The number of nitrogens with zero attached hydrogens (tertiary/aromatic N) is 3. The minimum absolute atomic E-state index is 0.154. The van der Waals surface area contributed by atoms with Gasteiger partial charge in [-0.05, 0) is 29.8 Å². The highest BCUT2D eigenvalue weighted by molar-refractivity contribution is 6.30. The minimum Gasteiger partial charge on any atom is -0.502 e. The number of benzene rings is 1. The quantitative estimate of drug-likeness (QED) is 0.525. The van der Waals surface area contributed by atoms with Crippen molar-refractivity contribution in [2.75, 3.05) is 5.32 Å². The van der Waals surface area contributed by atoms with Crippen LogP contribution in [0.3, 0.4) is 0 Å². The van der Waals surface area contributed by atoms with Crippen molar-refractivity contribution in [2.24, 2.45) is 0 Å². The van der Waals surface area contributed by atoms with E-state index in [0.717, 1.165) is 5.56 Å². The van der Waals surface area contributed by atoms with Gasteiger partial charge >= 0.3 is 0 Å². The van der Waals surface area contributed by atoms with Crippen molar-refractivity contribution in [3.8, 4) is 5.75 Å². The zero-order chi connectivity index (χ0) is 21.3. The van der Waals surface area contributed by atoms with E-state index in [2.05, 4.69) is 10.3 Å². The SMILES string of the molecule is O=C(Nc1cn2ccn(Cc3cccc(Cl)c3)c(=O)c2c(O)c1=O)c1ccncc1. The third kappa shape index (κ3) is 3.68. The third-order valence-electron chi connectivity index (χ3n) is 4.51. The molecule has 0 saturated carbocycles. The van der Waals surface area contributed by atoms with Gasteiger partial charge in [0.05, 0.1) is 6.54 Å². The third-order valence-corrected chi connectivity index (χ3v) is 4.75. The number of halogens is 1. The molecular formula is C21H15ClN4O4. The van der Waals surface area contributed by atoms with Crippen LogP contribution in [0.2, 0.25) is 5.02 Å². The summed E-state index contributed by atoms with van der Waals surface area (Å²) in [5.41, 5.74) is -0.665. The molecule has 0 bridgehead atoms. The molecule has 0 saturated heterocycles. The Bertz CT molecular complexity index is 1380. The van der Waals surface area contributed by atoms with Crippen LogP contribution in [0.25, 0.3) is 5.52 Å². The average molecular weight is 423 g/mol. The van der Waals surface area contributed by atoms with Crippen LogP contribution in [0.15, 0.2) is 77.0 Å². The maximum absolute atomic E-state index is 12.9. The molecule has 0 aliphatic rings. The predicted octanol–water partition coefficient (Wildman–Crippen LogP) is 2.52.